The molecule has 1 fully saturated rings. The maximum Gasteiger partial charge on any atom is 0.142 e. The van der Waals surface area contributed by atoms with Crippen LogP contribution >= 0.6 is 11.6 Å². The summed E-state index contributed by atoms with van der Waals surface area (Å²) in [6, 6.07) is 6.32. The summed E-state index contributed by atoms with van der Waals surface area (Å²) in [6.07, 6.45) is 2.15. The minimum atomic E-state index is 0.368. The Labute approximate surface area is 114 Å². The summed E-state index contributed by atoms with van der Waals surface area (Å²) in [4.78, 5) is 2.41. The van der Waals surface area contributed by atoms with Crippen LogP contribution in [-0.4, -0.2) is 30.6 Å². The molecule has 2 N–H and O–H groups in total. The lowest BCUT2D eigenvalue weighted by atomic mass is 10.1. The highest BCUT2D eigenvalue weighted by molar-refractivity contribution is 6.32. The van der Waals surface area contributed by atoms with E-state index in [9.17, 15) is 0 Å². The largest absolute Gasteiger partial charge is 0.492 e. The molecule has 1 saturated heterocycles. The lowest BCUT2D eigenvalue weighted by Crippen LogP contribution is -2.39. The van der Waals surface area contributed by atoms with E-state index >= 15 is 0 Å². The molecule has 0 unspecified atom stereocenters. The second-order valence-electron chi connectivity index (χ2n) is 4.77. The van der Waals surface area contributed by atoms with E-state index in [1.54, 1.807) is 0 Å². The Morgan fingerprint density at radius 3 is 2.78 bits per heavy atom. The molecule has 0 aliphatic carbocycles. The Kier molecular flexibility index (Phi) is 4.87. The van der Waals surface area contributed by atoms with Crippen molar-refractivity contribution in [2.75, 3.05) is 19.7 Å². The maximum absolute atomic E-state index is 6.19. The molecule has 4 heteroatoms. The van der Waals surface area contributed by atoms with Gasteiger partial charge in [-0.15, -0.1) is 0 Å². The van der Waals surface area contributed by atoms with Crippen molar-refractivity contribution in [3.05, 3.63) is 28.8 Å². The lowest BCUT2D eigenvalue weighted by molar-refractivity contribution is 0.202. The number of halogens is 1. The van der Waals surface area contributed by atoms with Gasteiger partial charge in [0.05, 0.1) is 11.6 Å². The molecule has 0 atom stereocenters. The van der Waals surface area contributed by atoms with Crippen molar-refractivity contribution in [1.82, 2.24) is 4.90 Å². The fraction of sp³-hybridized carbons (Fsp3) is 0.571. The molecule has 2 rings (SSSR count). The van der Waals surface area contributed by atoms with Crippen LogP contribution in [0.15, 0.2) is 18.2 Å². The molecular formula is C14H21ClN2O. The van der Waals surface area contributed by atoms with Crippen molar-refractivity contribution >= 4 is 11.6 Å². The third-order valence-electron chi connectivity index (χ3n) is 3.36. The van der Waals surface area contributed by atoms with Crippen LogP contribution in [0, 0.1) is 0 Å². The Morgan fingerprint density at radius 2 is 2.11 bits per heavy atom. The molecule has 1 aliphatic heterocycles. The van der Waals surface area contributed by atoms with Gasteiger partial charge in [-0.2, -0.15) is 0 Å². The van der Waals surface area contributed by atoms with Crippen LogP contribution in [0.1, 0.15) is 25.3 Å². The Bertz CT molecular complexity index is 389. The lowest BCUT2D eigenvalue weighted by Gasteiger charge is -2.30. The fourth-order valence-corrected chi connectivity index (χ4v) is 2.58. The molecule has 1 aliphatic rings. The molecule has 0 radical (unpaired) electrons. The number of benzene rings is 1. The predicted molar refractivity (Wildman–Crippen MR) is 75.1 cm³/mol. The number of nitrogens with zero attached hydrogens (tertiary/aromatic N) is 1. The molecule has 3 nitrogen and oxygen atoms in total. The monoisotopic (exact) mass is 268 g/mol. The summed E-state index contributed by atoms with van der Waals surface area (Å²) in [5, 5.41) is 0.697. The zero-order valence-corrected chi connectivity index (χ0v) is 11.6. The van der Waals surface area contributed by atoms with E-state index in [1.807, 2.05) is 19.1 Å². The van der Waals surface area contributed by atoms with Crippen molar-refractivity contribution in [1.29, 1.82) is 0 Å². The van der Waals surface area contributed by atoms with Gasteiger partial charge in [-0.1, -0.05) is 23.7 Å². The second kappa shape index (κ2) is 6.41. The predicted octanol–water partition coefficient (Wildman–Crippen LogP) is 2.66. The van der Waals surface area contributed by atoms with E-state index in [-0.39, 0.29) is 0 Å². The van der Waals surface area contributed by atoms with Crippen molar-refractivity contribution < 1.29 is 4.74 Å². The van der Waals surface area contributed by atoms with E-state index in [0.717, 1.165) is 38.2 Å². The van der Waals surface area contributed by atoms with E-state index in [4.69, 9.17) is 22.1 Å². The second-order valence-corrected chi connectivity index (χ2v) is 5.18. The fourth-order valence-electron chi connectivity index (χ4n) is 2.34. The molecular weight excluding hydrogens is 248 g/mol. The van der Waals surface area contributed by atoms with Crippen LogP contribution in [0.2, 0.25) is 5.02 Å². The number of ether oxygens (including phenoxy) is 1. The van der Waals surface area contributed by atoms with Crippen LogP contribution in [0.3, 0.4) is 0 Å². The summed E-state index contributed by atoms with van der Waals surface area (Å²) in [7, 11) is 0. The average Bonchev–Trinajstić information content (AvgIpc) is 2.36. The van der Waals surface area contributed by atoms with Gasteiger partial charge in [-0.05, 0) is 38.9 Å². The third-order valence-corrected chi connectivity index (χ3v) is 3.66. The van der Waals surface area contributed by atoms with Gasteiger partial charge in [0.15, 0.2) is 0 Å². The molecule has 0 saturated carbocycles. The van der Waals surface area contributed by atoms with Gasteiger partial charge in [-0.3, -0.25) is 4.90 Å². The minimum absolute atomic E-state index is 0.368. The van der Waals surface area contributed by atoms with Gasteiger partial charge in [0, 0.05) is 18.2 Å². The first-order chi connectivity index (χ1) is 8.70. The van der Waals surface area contributed by atoms with Crippen LogP contribution in [0.25, 0.3) is 0 Å². The number of hydrogen-bond donors (Lipinski definition) is 1. The third kappa shape index (κ3) is 3.37. The first-order valence-corrected chi connectivity index (χ1v) is 6.96. The molecule has 0 spiro atoms. The van der Waals surface area contributed by atoms with Crippen molar-refractivity contribution in [3.8, 4) is 5.75 Å². The first kappa shape index (κ1) is 13.7. The van der Waals surface area contributed by atoms with E-state index < -0.39 is 0 Å². The zero-order valence-electron chi connectivity index (χ0n) is 10.9. The van der Waals surface area contributed by atoms with Crippen molar-refractivity contribution in [3.63, 3.8) is 0 Å². The molecule has 1 heterocycles. The molecule has 0 aromatic heterocycles. The van der Waals surface area contributed by atoms with Gasteiger partial charge in [0.25, 0.3) is 0 Å². The van der Waals surface area contributed by atoms with Crippen molar-refractivity contribution in [2.45, 2.75) is 32.4 Å². The molecule has 1 aromatic carbocycles. The summed E-state index contributed by atoms with van der Waals surface area (Å²) in [5.74, 6) is 0.830. The van der Waals surface area contributed by atoms with E-state index in [1.165, 1.54) is 5.56 Å². The Morgan fingerprint density at radius 1 is 1.39 bits per heavy atom. The quantitative estimate of drug-likeness (QED) is 0.912. The number of likely N-dealkylation sites (tertiary alicyclic amines) is 1. The maximum atomic E-state index is 6.19. The highest BCUT2D eigenvalue weighted by atomic mass is 35.5. The standard InChI is InChI=1S/C14H21ClN2O/c1-2-18-14-11(4-3-5-13(14)15)10-17-8-6-12(16)7-9-17/h3-5,12H,2,6-10,16H2,1H3. The summed E-state index contributed by atoms with van der Waals surface area (Å²) >= 11 is 6.19. The number of piperidine rings is 1. The van der Waals surface area contributed by atoms with Crippen LogP contribution in [-0.2, 0) is 6.54 Å². The Balaban J connectivity index is 2.06. The number of hydrogen-bond acceptors (Lipinski definition) is 3. The highest BCUT2D eigenvalue weighted by Gasteiger charge is 2.18. The average molecular weight is 269 g/mol. The van der Waals surface area contributed by atoms with Gasteiger partial charge >= 0.3 is 0 Å². The summed E-state index contributed by atoms with van der Waals surface area (Å²) in [6.45, 7) is 5.62. The normalized spacial score (nSPS) is 17.9. The summed E-state index contributed by atoms with van der Waals surface area (Å²) < 4.78 is 5.65. The van der Waals surface area contributed by atoms with Crippen LogP contribution in [0.4, 0.5) is 0 Å². The molecule has 1 aromatic rings. The first-order valence-electron chi connectivity index (χ1n) is 6.58. The van der Waals surface area contributed by atoms with E-state index in [2.05, 4.69) is 11.0 Å². The van der Waals surface area contributed by atoms with Crippen LogP contribution in [0.5, 0.6) is 5.75 Å². The Hall–Kier alpha value is -0.770. The summed E-state index contributed by atoms with van der Waals surface area (Å²) in [5.41, 5.74) is 7.09. The van der Waals surface area contributed by atoms with Gasteiger partial charge in [0.1, 0.15) is 5.75 Å². The van der Waals surface area contributed by atoms with Crippen LogP contribution < -0.4 is 10.5 Å². The molecule has 0 amide bonds. The van der Waals surface area contributed by atoms with Gasteiger partial charge in [0.2, 0.25) is 0 Å². The number of para-hydroxylation sites is 1. The molecule has 0 bridgehead atoms. The highest BCUT2D eigenvalue weighted by Crippen LogP contribution is 2.30. The molecule has 100 valence electrons. The number of nitrogens with two attached hydrogens (primary N) is 1. The topological polar surface area (TPSA) is 38.5 Å². The molecule has 18 heavy (non-hydrogen) atoms. The van der Waals surface area contributed by atoms with E-state index in [0.29, 0.717) is 17.7 Å². The smallest absolute Gasteiger partial charge is 0.142 e. The van der Waals surface area contributed by atoms with Gasteiger partial charge < -0.3 is 10.5 Å². The van der Waals surface area contributed by atoms with Gasteiger partial charge in [-0.25, -0.2) is 0 Å². The van der Waals surface area contributed by atoms with Crippen molar-refractivity contribution in [2.24, 2.45) is 5.73 Å². The SMILES string of the molecule is CCOc1c(Cl)cccc1CN1CCC(N)CC1. The number of rotatable bonds is 4. The minimum Gasteiger partial charge on any atom is -0.492 e. The zero-order chi connectivity index (χ0) is 13.0.